The van der Waals surface area contributed by atoms with Crippen LogP contribution in [0.5, 0.6) is 5.75 Å². The molecule has 0 N–H and O–H groups in total. The molecule has 2 heterocycles. The SMILES string of the molecule is CC(C)C.COC(=O)C1(CC(C)(F)F)CC(C)CN(Cc2cnc(-c3ccccc3OC(F)F)s2)C1. The first-order chi connectivity index (χ1) is 16.7. The summed E-state index contributed by atoms with van der Waals surface area (Å²) < 4.78 is 62.8. The average molecular weight is 533 g/mol. The first-order valence-corrected chi connectivity index (χ1v) is 12.7. The van der Waals surface area contributed by atoms with Crippen LogP contribution in [0.3, 0.4) is 0 Å². The van der Waals surface area contributed by atoms with E-state index in [4.69, 9.17) is 4.74 Å². The lowest BCUT2D eigenvalue weighted by atomic mass is 9.72. The number of carbonyl (C=O) groups is 1. The summed E-state index contributed by atoms with van der Waals surface area (Å²) in [6, 6.07) is 6.40. The quantitative estimate of drug-likeness (QED) is 0.268. The van der Waals surface area contributed by atoms with E-state index >= 15 is 0 Å². The highest BCUT2D eigenvalue weighted by atomic mass is 32.1. The van der Waals surface area contributed by atoms with Gasteiger partial charge in [-0.2, -0.15) is 8.78 Å². The molecule has 1 fully saturated rings. The second kappa shape index (κ2) is 12.9. The number of para-hydroxylation sites is 1. The molecular weight excluding hydrogens is 496 g/mol. The summed E-state index contributed by atoms with van der Waals surface area (Å²) in [4.78, 5) is 19.7. The molecule has 2 aromatic rings. The third kappa shape index (κ3) is 9.03. The van der Waals surface area contributed by atoms with Gasteiger partial charge in [-0.1, -0.05) is 39.8 Å². The Bertz CT molecular complexity index is 977. The van der Waals surface area contributed by atoms with Gasteiger partial charge in [0.25, 0.3) is 0 Å². The largest absolute Gasteiger partial charge is 0.469 e. The highest BCUT2D eigenvalue weighted by Gasteiger charge is 2.50. The summed E-state index contributed by atoms with van der Waals surface area (Å²) in [5.74, 6) is -2.76. The first kappa shape index (κ1) is 30.0. The van der Waals surface area contributed by atoms with Crippen LogP contribution in [0.4, 0.5) is 17.6 Å². The molecule has 0 spiro atoms. The summed E-state index contributed by atoms with van der Waals surface area (Å²) in [7, 11) is 1.22. The predicted molar refractivity (Wildman–Crippen MR) is 133 cm³/mol. The molecule has 0 amide bonds. The van der Waals surface area contributed by atoms with Gasteiger partial charge in [-0.3, -0.25) is 9.69 Å². The number of hydrogen-bond donors (Lipinski definition) is 0. The fourth-order valence-corrected chi connectivity index (χ4v) is 5.56. The first-order valence-electron chi connectivity index (χ1n) is 11.9. The number of piperidine rings is 1. The molecule has 3 rings (SSSR count). The summed E-state index contributed by atoms with van der Waals surface area (Å²) in [5.41, 5.74) is -0.846. The second-order valence-electron chi connectivity index (χ2n) is 10.2. The van der Waals surface area contributed by atoms with E-state index < -0.39 is 30.3 Å². The lowest BCUT2D eigenvalue weighted by Gasteiger charge is -2.44. The van der Waals surface area contributed by atoms with Crippen LogP contribution in [0.25, 0.3) is 10.6 Å². The van der Waals surface area contributed by atoms with E-state index in [0.29, 0.717) is 30.1 Å². The average Bonchev–Trinajstić information content (AvgIpc) is 3.19. The van der Waals surface area contributed by atoms with Crippen molar-refractivity contribution in [2.75, 3.05) is 20.2 Å². The van der Waals surface area contributed by atoms with Gasteiger partial charge in [0.2, 0.25) is 5.92 Å². The monoisotopic (exact) mass is 532 g/mol. The van der Waals surface area contributed by atoms with Crippen molar-refractivity contribution in [3.05, 3.63) is 35.3 Å². The van der Waals surface area contributed by atoms with E-state index in [0.717, 1.165) is 17.7 Å². The highest BCUT2D eigenvalue weighted by Crippen LogP contribution is 2.43. The van der Waals surface area contributed by atoms with E-state index in [1.165, 1.54) is 24.5 Å². The zero-order valence-corrected chi connectivity index (χ0v) is 22.5. The van der Waals surface area contributed by atoms with Gasteiger partial charge in [-0.25, -0.2) is 13.8 Å². The third-order valence-corrected chi connectivity index (χ3v) is 6.38. The molecule has 36 heavy (non-hydrogen) atoms. The van der Waals surface area contributed by atoms with Crippen molar-refractivity contribution in [1.82, 2.24) is 9.88 Å². The van der Waals surface area contributed by atoms with Gasteiger partial charge in [0.15, 0.2) is 0 Å². The number of ether oxygens (including phenoxy) is 2. The van der Waals surface area contributed by atoms with Gasteiger partial charge >= 0.3 is 12.6 Å². The van der Waals surface area contributed by atoms with Crippen LogP contribution < -0.4 is 4.74 Å². The van der Waals surface area contributed by atoms with Crippen LogP contribution >= 0.6 is 11.3 Å². The van der Waals surface area contributed by atoms with Crippen molar-refractivity contribution in [3.63, 3.8) is 0 Å². The molecule has 1 aromatic carbocycles. The molecule has 1 aliphatic rings. The molecule has 10 heteroatoms. The minimum Gasteiger partial charge on any atom is -0.469 e. The molecule has 1 saturated heterocycles. The van der Waals surface area contributed by atoms with Gasteiger partial charge in [-0.15, -0.1) is 11.3 Å². The standard InChI is InChI=1S/C22H26F4N2O3S.C4H10/c1-14-8-22(19(29)30-3,12-21(2,25)26)13-28(10-14)11-15-9-27-18(32-15)16-6-4-5-7-17(16)31-20(23)24;1-4(2)3/h4-7,9,14,20H,8,10-13H2,1-3H3;4H,1-3H3. The molecule has 202 valence electrons. The number of hydrogen-bond acceptors (Lipinski definition) is 6. The zero-order valence-electron chi connectivity index (χ0n) is 21.7. The van der Waals surface area contributed by atoms with Crippen LogP contribution in [0.1, 0.15) is 52.3 Å². The van der Waals surface area contributed by atoms with Crippen LogP contribution in [0.2, 0.25) is 0 Å². The maximum absolute atomic E-state index is 13.9. The Kier molecular flexibility index (Phi) is 10.7. The smallest absolute Gasteiger partial charge is 0.387 e. The molecule has 0 aliphatic carbocycles. The number of esters is 1. The van der Waals surface area contributed by atoms with Crippen LogP contribution in [0, 0.1) is 17.3 Å². The number of alkyl halides is 4. The molecule has 1 aromatic heterocycles. The number of methoxy groups -OCH3 is 1. The molecule has 0 bridgehead atoms. The minimum atomic E-state index is -3.01. The zero-order chi connectivity index (χ0) is 27.1. The van der Waals surface area contributed by atoms with Crippen molar-refractivity contribution in [1.29, 1.82) is 0 Å². The van der Waals surface area contributed by atoms with Gasteiger partial charge in [0, 0.05) is 37.1 Å². The maximum Gasteiger partial charge on any atom is 0.387 e. The fraction of sp³-hybridized carbons (Fsp3) is 0.615. The number of likely N-dealkylation sites (tertiary alicyclic amines) is 1. The number of halogens is 4. The third-order valence-electron chi connectivity index (χ3n) is 5.37. The molecule has 1 aliphatic heterocycles. The number of nitrogens with zero attached hydrogens (tertiary/aromatic N) is 2. The summed E-state index contributed by atoms with van der Waals surface area (Å²) >= 11 is 1.31. The van der Waals surface area contributed by atoms with Crippen molar-refractivity contribution in [2.45, 2.75) is 66.5 Å². The highest BCUT2D eigenvalue weighted by molar-refractivity contribution is 7.15. The number of benzene rings is 1. The van der Waals surface area contributed by atoms with E-state index in [1.807, 2.05) is 11.8 Å². The van der Waals surface area contributed by atoms with E-state index in [9.17, 15) is 22.4 Å². The summed E-state index contributed by atoms with van der Waals surface area (Å²) in [5, 5.41) is 0.514. The second-order valence-corrected chi connectivity index (χ2v) is 11.4. The predicted octanol–water partition coefficient (Wildman–Crippen LogP) is 7.12. The maximum atomic E-state index is 13.9. The normalized spacial score (nSPS) is 20.7. The number of aromatic nitrogens is 1. The van der Waals surface area contributed by atoms with Gasteiger partial charge in [-0.05, 0) is 37.3 Å². The van der Waals surface area contributed by atoms with E-state index in [2.05, 4.69) is 30.5 Å². The molecule has 2 unspecified atom stereocenters. The van der Waals surface area contributed by atoms with Crippen molar-refractivity contribution < 1.29 is 31.8 Å². The van der Waals surface area contributed by atoms with Crippen LogP contribution in [-0.2, 0) is 16.1 Å². The van der Waals surface area contributed by atoms with Crippen LogP contribution in [-0.4, -0.2) is 48.6 Å². The number of thiazole rings is 1. The van der Waals surface area contributed by atoms with Gasteiger partial charge < -0.3 is 9.47 Å². The Morgan fingerprint density at radius 3 is 2.50 bits per heavy atom. The Morgan fingerprint density at radius 1 is 1.28 bits per heavy atom. The van der Waals surface area contributed by atoms with E-state index in [-0.39, 0.29) is 18.2 Å². The van der Waals surface area contributed by atoms with Gasteiger partial charge in [0.1, 0.15) is 10.8 Å². The number of carbonyl (C=O) groups excluding carboxylic acids is 1. The Labute approximate surface area is 214 Å². The van der Waals surface area contributed by atoms with Crippen LogP contribution in [0.15, 0.2) is 30.5 Å². The lowest BCUT2D eigenvalue weighted by molar-refractivity contribution is -0.166. The summed E-state index contributed by atoms with van der Waals surface area (Å²) in [6.45, 7) is 7.46. The Morgan fingerprint density at radius 2 is 1.92 bits per heavy atom. The molecular formula is C26H36F4N2O3S. The van der Waals surface area contributed by atoms with Gasteiger partial charge in [0.05, 0.1) is 18.1 Å². The topological polar surface area (TPSA) is 51.7 Å². The Hall–Kier alpha value is -2.20. The van der Waals surface area contributed by atoms with Crippen molar-refractivity contribution >= 4 is 17.3 Å². The number of rotatable bonds is 8. The lowest BCUT2D eigenvalue weighted by Crippen LogP contribution is -2.52. The fourth-order valence-electron chi connectivity index (χ4n) is 4.58. The molecule has 0 radical (unpaired) electrons. The summed E-state index contributed by atoms with van der Waals surface area (Å²) in [6.07, 6.45) is 1.37. The Balaban J connectivity index is 0.00000106. The minimum absolute atomic E-state index is 0.0118. The van der Waals surface area contributed by atoms with E-state index in [1.54, 1.807) is 24.4 Å². The van der Waals surface area contributed by atoms with Crippen molar-refractivity contribution in [2.24, 2.45) is 17.3 Å². The molecule has 2 atom stereocenters. The molecule has 5 nitrogen and oxygen atoms in total. The molecule has 0 saturated carbocycles. The van der Waals surface area contributed by atoms with Crippen molar-refractivity contribution in [3.8, 4) is 16.3 Å².